The molecule has 0 N–H and O–H groups in total. The van der Waals surface area contributed by atoms with Crippen LogP contribution in [0.5, 0.6) is 0 Å². The van der Waals surface area contributed by atoms with Gasteiger partial charge in [0.2, 0.25) is 0 Å². The van der Waals surface area contributed by atoms with Crippen molar-refractivity contribution in [3.63, 3.8) is 0 Å². The van der Waals surface area contributed by atoms with Crippen molar-refractivity contribution < 1.29 is 0 Å². The molecule has 18 aromatic rings. The van der Waals surface area contributed by atoms with E-state index in [2.05, 4.69) is 552 Å². The summed E-state index contributed by atoms with van der Waals surface area (Å²) in [7, 11) is 28.0. The first-order chi connectivity index (χ1) is 65.1. The zero-order valence-electron chi connectivity index (χ0n) is 80.1. The number of hydrogen-bond donors (Lipinski definition) is 0. The van der Waals surface area contributed by atoms with Gasteiger partial charge in [-0.3, -0.25) is 0 Å². The van der Waals surface area contributed by atoms with Crippen LogP contribution in [0.25, 0.3) is 134 Å². The van der Waals surface area contributed by atoms with Gasteiger partial charge in [-0.1, -0.05) is 362 Å². The van der Waals surface area contributed by atoms with Crippen LogP contribution in [0.2, 0.25) is 0 Å². The summed E-state index contributed by atoms with van der Waals surface area (Å²) in [6.07, 6.45) is 4.99. The maximum absolute atomic E-state index is 2.85. The summed E-state index contributed by atoms with van der Waals surface area (Å²) < 4.78 is 0. The van der Waals surface area contributed by atoms with E-state index in [9.17, 15) is 0 Å². The molecule has 135 heavy (non-hydrogen) atoms. The molecule has 10 heteroatoms. The van der Waals surface area contributed by atoms with Crippen LogP contribution in [0.3, 0.4) is 0 Å². The Hall–Kier alpha value is -9.74. The normalized spacial score (nSPS) is 10.7. The molecule has 0 radical (unpaired) electrons. The lowest BCUT2D eigenvalue weighted by atomic mass is 9.94. The van der Waals surface area contributed by atoms with Crippen molar-refractivity contribution in [2.75, 3.05) is 0 Å². The lowest BCUT2D eigenvalue weighted by molar-refractivity contribution is 1.28. The van der Waals surface area contributed by atoms with Crippen molar-refractivity contribution in [1.29, 1.82) is 0 Å². The summed E-state index contributed by atoms with van der Waals surface area (Å²) in [6, 6.07) is 137. The fourth-order valence-corrected chi connectivity index (χ4v) is 20.0. The van der Waals surface area contributed by atoms with Crippen LogP contribution in [0.1, 0.15) is 94.6 Å². The highest BCUT2D eigenvalue weighted by Gasteiger charge is 2.15. The largest absolute Gasteiger partial charge is 0.133 e. The number of hydrogen-bond acceptors (Lipinski definition) is 0. The third-order valence-corrected chi connectivity index (χ3v) is 29.5. The Balaban J connectivity index is 0.000000137. The van der Waals surface area contributed by atoms with E-state index in [4.69, 9.17) is 0 Å². The second-order valence-corrected chi connectivity index (χ2v) is 40.7. The first-order valence-corrected chi connectivity index (χ1v) is 53.2. The van der Waals surface area contributed by atoms with Crippen LogP contribution in [0.4, 0.5) is 0 Å². The van der Waals surface area contributed by atoms with Gasteiger partial charge in [-0.15, -0.1) is 92.4 Å². The lowest BCUT2D eigenvalue weighted by Gasteiger charge is -2.12. The van der Waals surface area contributed by atoms with Gasteiger partial charge in [-0.25, -0.2) is 0 Å². The second kappa shape index (κ2) is 49.5. The summed E-state index contributed by atoms with van der Waals surface area (Å²) in [5.41, 5.74) is 53.4. The fourth-order valence-electron chi connectivity index (χ4n) is 16.9. The van der Waals surface area contributed by atoms with Crippen molar-refractivity contribution in [2.45, 2.75) is 114 Å². The highest BCUT2D eigenvalue weighted by Crippen LogP contribution is 2.38. The summed E-state index contributed by atoms with van der Waals surface area (Å²) in [5, 5.41) is 6.19. The molecular weight excluding hydrogens is 1810 g/mol. The molecule has 0 saturated heterocycles. The van der Waals surface area contributed by atoms with E-state index in [0.717, 1.165) is 30.8 Å². The monoisotopic (exact) mass is 1940 g/mol. The van der Waals surface area contributed by atoms with Gasteiger partial charge < -0.3 is 0 Å². The quantitative estimate of drug-likeness (QED) is 0.0797. The van der Waals surface area contributed by atoms with E-state index in [1.165, 1.54) is 255 Å². The second-order valence-electron chi connectivity index (χ2n) is 35.5. The standard InChI is InChI=1S/C22H25P3.C21H23P3.2C21H21P.2C20H19P/c1-15-8-20(17-4-2-16(12-23)3-5-17)11-21(9-15)18-6-7-19(13-24)22(10-18)14-25;1-14-2-3-17(11-21(14)15-6-8-20(24)9-7-15)16-4-5-18(12-22)19(10-16)13-23;1-14-4-6-17(7-5-14)19-10-15(2)11-20(13-19)18-8-9-21(22)16(3)12-18;1-14-7-9-20(15(2)11-14)17-5-4-6-18(13-17)21-10-8-19(22)12-16(21)3;1-14-6-8-16(9-7-14)17-4-3-5-18(13-17)20-11-10-19(21)12-15(20)2;1-14-6-8-16(9-7-14)17-4-3-5-18(13-17)19-10-11-20(21)15(2)12-19/h2-11H,12-14,23-25H2,1H3;2-11H,12-13,22-24H2,1H3;2*4-13H,22H2,1-3H3;2*3-13H,21H2,1-2H3. The zero-order valence-corrected chi connectivity index (χ0v) is 91.7. The Morgan fingerprint density at radius 3 is 0.830 bits per heavy atom. The van der Waals surface area contributed by atoms with Gasteiger partial charge in [0, 0.05) is 0 Å². The molecule has 0 aliphatic heterocycles. The Morgan fingerprint density at radius 1 is 0.148 bits per heavy atom. The molecule has 0 heterocycles. The Bertz CT molecular complexity index is 7040. The van der Waals surface area contributed by atoms with Crippen molar-refractivity contribution in [3.05, 3.63) is 471 Å². The smallest absolute Gasteiger partial charge is 0.0125 e. The van der Waals surface area contributed by atoms with Crippen molar-refractivity contribution >= 4 is 119 Å². The van der Waals surface area contributed by atoms with E-state index in [0.29, 0.717) is 0 Å². The highest BCUT2D eigenvalue weighted by molar-refractivity contribution is 7.28. The number of aryl methyl sites for hydroxylation is 12. The molecule has 0 spiro atoms. The molecule has 0 aliphatic rings. The molecule has 0 amide bonds. The van der Waals surface area contributed by atoms with Crippen molar-refractivity contribution in [2.24, 2.45) is 0 Å². The maximum Gasteiger partial charge on any atom is -0.0125 e. The van der Waals surface area contributed by atoms with Gasteiger partial charge in [0.15, 0.2) is 0 Å². The Morgan fingerprint density at radius 2 is 0.430 bits per heavy atom. The molecule has 678 valence electrons. The van der Waals surface area contributed by atoms with E-state index >= 15 is 0 Å². The predicted octanol–water partition coefficient (Wildman–Crippen LogP) is 33.2. The minimum absolute atomic E-state index is 0.992. The van der Waals surface area contributed by atoms with Crippen molar-refractivity contribution in [1.82, 2.24) is 0 Å². The van der Waals surface area contributed by atoms with E-state index < -0.39 is 0 Å². The SMILES string of the molecule is Cc1cc(-c2ccc(CP)cc2)cc(-c2ccc(CP)c(CP)c2)c1.Cc1ccc(-c2cc(C)cc(-c3ccc(P)c(C)c3)c2)cc1.Cc1ccc(-c2ccc(CP)c(CP)c2)cc1-c1ccc(P)cc1.Cc1ccc(-c2cccc(-c3ccc(P)c(C)c3)c2)cc1.Cc1ccc(-c2cccc(-c3ccc(P)cc3C)c2)c(C)c1.Cc1ccc(-c2cccc(-c3ccc(P)cc3C)c2)cc1. The minimum atomic E-state index is 0.992. The minimum Gasteiger partial charge on any atom is -0.133 e. The molecule has 18 aromatic carbocycles. The topological polar surface area (TPSA) is 0 Å². The van der Waals surface area contributed by atoms with Crippen LogP contribution in [0.15, 0.2) is 376 Å². The average Bonchev–Trinajstić information content (AvgIpc) is 1.19. The highest BCUT2D eigenvalue weighted by atomic mass is 31.0. The first-order valence-electron chi connectivity index (χ1n) is 46.2. The number of rotatable bonds is 17. The Labute approximate surface area is 830 Å². The van der Waals surface area contributed by atoms with Crippen LogP contribution in [0, 0.1) is 83.1 Å². The summed E-state index contributed by atoms with van der Waals surface area (Å²) in [5.74, 6) is 0. The van der Waals surface area contributed by atoms with E-state index in [-0.39, 0.29) is 0 Å². The molecule has 0 saturated carbocycles. The van der Waals surface area contributed by atoms with Crippen LogP contribution < -0.4 is 26.5 Å². The van der Waals surface area contributed by atoms with Crippen LogP contribution in [-0.2, 0) is 30.8 Å². The molecule has 0 fully saturated rings. The van der Waals surface area contributed by atoms with Gasteiger partial charge in [-0.05, 0) is 383 Å². The van der Waals surface area contributed by atoms with Gasteiger partial charge in [-0.2, -0.15) is 0 Å². The Kier molecular flexibility index (Phi) is 37.7. The summed E-state index contributed by atoms with van der Waals surface area (Å²) in [4.78, 5) is 0. The molecule has 0 aliphatic carbocycles. The predicted molar refractivity (Wildman–Crippen MR) is 635 cm³/mol. The molecule has 10 atom stereocenters. The molecule has 0 bridgehead atoms. The summed E-state index contributed by atoms with van der Waals surface area (Å²) >= 11 is 0. The van der Waals surface area contributed by atoms with Gasteiger partial charge in [0.25, 0.3) is 0 Å². The number of benzene rings is 18. The van der Waals surface area contributed by atoms with Gasteiger partial charge >= 0.3 is 0 Å². The zero-order chi connectivity index (χ0) is 95.9. The molecular formula is C125H128P10. The first kappa shape index (κ1) is 103. The molecule has 10 unspecified atom stereocenters. The lowest BCUT2D eigenvalue weighted by Crippen LogP contribution is -1.96. The van der Waals surface area contributed by atoms with Crippen molar-refractivity contribution in [3.8, 4) is 134 Å². The molecule has 0 aromatic heterocycles. The fraction of sp³-hybridized carbons (Fsp3) is 0.136. The molecule has 0 nitrogen and oxygen atoms in total. The third-order valence-electron chi connectivity index (χ3n) is 24.9. The van der Waals surface area contributed by atoms with Gasteiger partial charge in [0.1, 0.15) is 0 Å². The molecule has 18 rings (SSSR count). The maximum atomic E-state index is 2.85. The van der Waals surface area contributed by atoms with Crippen LogP contribution in [-0.4, -0.2) is 0 Å². The summed E-state index contributed by atoms with van der Waals surface area (Å²) in [6.45, 7) is 25.9. The van der Waals surface area contributed by atoms with E-state index in [1.54, 1.807) is 0 Å². The van der Waals surface area contributed by atoms with Crippen LogP contribution >= 0.6 is 92.4 Å². The average molecular weight is 1940 g/mol. The van der Waals surface area contributed by atoms with E-state index in [1.807, 2.05) is 0 Å². The third kappa shape index (κ3) is 28.3. The van der Waals surface area contributed by atoms with Gasteiger partial charge in [0.05, 0.1) is 0 Å².